The fourth-order valence-corrected chi connectivity index (χ4v) is 2.91. The first-order valence-corrected chi connectivity index (χ1v) is 7.30. The molecule has 1 aromatic heterocycles. The Kier molecular flexibility index (Phi) is 4.57. The second-order valence-corrected chi connectivity index (χ2v) is 5.75. The van der Waals surface area contributed by atoms with Crippen molar-refractivity contribution in [3.8, 4) is 0 Å². The van der Waals surface area contributed by atoms with Gasteiger partial charge in [0.2, 0.25) is 11.1 Å². The van der Waals surface area contributed by atoms with E-state index in [9.17, 15) is 4.79 Å². The second kappa shape index (κ2) is 6.17. The number of tetrazole rings is 1. The molecule has 1 aliphatic carbocycles. The molecule has 1 N–H and O–H groups in total. The highest BCUT2D eigenvalue weighted by Gasteiger charge is 2.22. The number of hydrogen-bond donors (Lipinski definition) is 1. The smallest absolute Gasteiger partial charge is 0.230 e. The van der Waals surface area contributed by atoms with E-state index in [-0.39, 0.29) is 5.91 Å². The highest BCUT2D eigenvalue weighted by Crippen LogP contribution is 2.23. The maximum absolute atomic E-state index is 11.9. The van der Waals surface area contributed by atoms with E-state index in [0.717, 1.165) is 6.42 Å². The van der Waals surface area contributed by atoms with Gasteiger partial charge in [0, 0.05) is 13.1 Å². The third-order valence-electron chi connectivity index (χ3n) is 3.37. The van der Waals surface area contributed by atoms with E-state index in [1.165, 1.54) is 31.0 Å². The third kappa shape index (κ3) is 3.44. The zero-order valence-corrected chi connectivity index (χ0v) is 11.6. The summed E-state index contributed by atoms with van der Waals surface area (Å²) in [6, 6.07) is 0.337. The Labute approximate surface area is 111 Å². The van der Waals surface area contributed by atoms with Gasteiger partial charge in [0.1, 0.15) is 0 Å². The van der Waals surface area contributed by atoms with Crippen molar-refractivity contribution in [1.82, 2.24) is 25.5 Å². The van der Waals surface area contributed by atoms with Crippen LogP contribution < -0.4 is 5.32 Å². The Morgan fingerprint density at radius 3 is 2.94 bits per heavy atom. The molecular formula is C11H19N5OS. The van der Waals surface area contributed by atoms with E-state index in [1.54, 1.807) is 11.7 Å². The SMILES string of the molecule is C[C@H]1CCCC[C@@H]1NC(=O)CSc1nnnn1C. The summed E-state index contributed by atoms with van der Waals surface area (Å²) in [7, 11) is 1.77. The number of aryl methyl sites for hydroxylation is 1. The molecule has 100 valence electrons. The van der Waals surface area contributed by atoms with E-state index >= 15 is 0 Å². The molecule has 0 radical (unpaired) electrons. The molecular weight excluding hydrogens is 250 g/mol. The van der Waals surface area contributed by atoms with E-state index in [0.29, 0.717) is 22.9 Å². The average Bonchev–Trinajstić information content (AvgIpc) is 2.75. The van der Waals surface area contributed by atoms with Gasteiger partial charge in [-0.1, -0.05) is 31.5 Å². The Morgan fingerprint density at radius 1 is 1.50 bits per heavy atom. The lowest BCUT2D eigenvalue weighted by Crippen LogP contribution is -2.41. The monoisotopic (exact) mass is 269 g/mol. The maximum Gasteiger partial charge on any atom is 0.230 e. The van der Waals surface area contributed by atoms with Crippen LogP contribution >= 0.6 is 11.8 Å². The van der Waals surface area contributed by atoms with Crippen LogP contribution in [0, 0.1) is 5.92 Å². The van der Waals surface area contributed by atoms with Crippen LogP contribution in [0.2, 0.25) is 0 Å². The van der Waals surface area contributed by atoms with Crippen LogP contribution in [0.3, 0.4) is 0 Å². The first-order valence-electron chi connectivity index (χ1n) is 6.31. The number of nitrogens with zero attached hydrogens (tertiary/aromatic N) is 4. The zero-order chi connectivity index (χ0) is 13.0. The minimum absolute atomic E-state index is 0.0711. The van der Waals surface area contributed by atoms with Gasteiger partial charge in [-0.25, -0.2) is 4.68 Å². The van der Waals surface area contributed by atoms with E-state index in [4.69, 9.17) is 0 Å². The number of hydrogen-bond acceptors (Lipinski definition) is 5. The molecule has 2 rings (SSSR count). The maximum atomic E-state index is 11.9. The standard InChI is InChI=1S/C11H19N5OS/c1-8-5-3-4-6-9(8)12-10(17)7-18-11-13-14-15-16(11)2/h8-9H,3-7H2,1-2H3,(H,12,17)/t8-,9-/m0/s1. The van der Waals surface area contributed by atoms with Gasteiger partial charge in [0.25, 0.3) is 0 Å². The molecule has 0 spiro atoms. The quantitative estimate of drug-likeness (QED) is 0.825. The summed E-state index contributed by atoms with van der Waals surface area (Å²) in [6.07, 6.45) is 4.82. The third-order valence-corrected chi connectivity index (χ3v) is 4.38. The van der Waals surface area contributed by atoms with Crippen molar-refractivity contribution < 1.29 is 4.79 Å². The van der Waals surface area contributed by atoms with E-state index in [2.05, 4.69) is 27.8 Å². The first kappa shape index (κ1) is 13.3. The van der Waals surface area contributed by atoms with Gasteiger partial charge < -0.3 is 5.32 Å². The number of amides is 1. The molecule has 0 aliphatic heterocycles. The number of carbonyl (C=O) groups is 1. The van der Waals surface area contributed by atoms with Crippen molar-refractivity contribution in [1.29, 1.82) is 0 Å². The largest absolute Gasteiger partial charge is 0.352 e. The molecule has 6 nitrogen and oxygen atoms in total. The highest BCUT2D eigenvalue weighted by atomic mass is 32.2. The van der Waals surface area contributed by atoms with Crippen molar-refractivity contribution in [3.63, 3.8) is 0 Å². The van der Waals surface area contributed by atoms with Crippen LogP contribution in [0.4, 0.5) is 0 Å². The molecule has 0 saturated heterocycles. The molecule has 1 amide bonds. The average molecular weight is 269 g/mol. The van der Waals surface area contributed by atoms with Gasteiger partial charge in [0.05, 0.1) is 5.75 Å². The van der Waals surface area contributed by atoms with Crippen LogP contribution in [0.15, 0.2) is 5.16 Å². The summed E-state index contributed by atoms with van der Waals surface area (Å²) in [5.41, 5.74) is 0. The van der Waals surface area contributed by atoms with Crippen molar-refractivity contribution in [3.05, 3.63) is 0 Å². The van der Waals surface area contributed by atoms with Gasteiger partial charge in [-0.3, -0.25) is 4.79 Å². The van der Waals surface area contributed by atoms with Crippen molar-refractivity contribution >= 4 is 17.7 Å². The predicted octanol–water partition coefficient (Wildman–Crippen LogP) is 0.997. The number of rotatable bonds is 4. The van der Waals surface area contributed by atoms with Gasteiger partial charge >= 0.3 is 0 Å². The lowest BCUT2D eigenvalue weighted by atomic mass is 9.86. The van der Waals surface area contributed by atoms with Gasteiger partial charge in [-0.05, 0) is 29.2 Å². The van der Waals surface area contributed by atoms with Crippen molar-refractivity contribution in [2.24, 2.45) is 13.0 Å². The van der Waals surface area contributed by atoms with Gasteiger partial charge in [0.15, 0.2) is 0 Å². The van der Waals surface area contributed by atoms with Crippen LogP contribution in [-0.4, -0.2) is 37.9 Å². The molecule has 2 atom stereocenters. The highest BCUT2D eigenvalue weighted by molar-refractivity contribution is 7.99. The molecule has 0 unspecified atom stereocenters. The fraction of sp³-hybridized carbons (Fsp3) is 0.818. The molecule has 7 heteroatoms. The number of thioether (sulfide) groups is 1. The summed E-state index contributed by atoms with van der Waals surface area (Å²) in [6.45, 7) is 2.21. The summed E-state index contributed by atoms with van der Waals surface area (Å²) >= 11 is 1.37. The molecule has 18 heavy (non-hydrogen) atoms. The van der Waals surface area contributed by atoms with Crippen LogP contribution in [0.1, 0.15) is 32.6 Å². The summed E-state index contributed by atoms with van der Waals surface area (Å²) in [5.74, 6) is 1.03. The lowest BCUT2D eigenvalue weighted by Gasteiger charge is -2.29. The van der Waals surface area contributed by atoms with E-state index in [1.807, 2.05) is 0 Å². The van der Waals surface area contributed by atoms with Crippen LogP contribution in [0.5, 0.6) is 0 Å². The lowest BCUT2D eigenvalue weighted by molar-refractivity contribution is -0.119. The molecule has 1 fully saturated rings. The normalized spacial score (nSPS) is 23.9. The van der Waals surface area contributed by atoms with Crippen LogP contribution in [0.25, 0.3) is 0 Å². The predicted molar refractivity (Wildman–Crippen MR) is 69.1 cm³/mol. The molecule has 1 aromatic rings. The number of nitrogens with one attached hydrogen (secondary N) is 1. The zero-order valence-electron chi connectivity index (χ0n) is 10.8. The molecule has 0 aromatic carbocycles. The second-order valence-electron chi connectivity index (χ2n) is 4.81. The van der Waals surface area contributed by atoms with Crippen molar-refractivity contribution in [2.45, 2.75) is 43.8 Å². The number of carbonyl (C=O) groups excluding carboxylic acids is 1. The van der Waals surface area contributed by atoms with Crippen molar-refractivity contribution in [2.75, 3.05) is 5.75 Å². The fourth-order valence-electron chi connectivity index (χ4n) is 2.25. The van der Waals surface area contributed by atoms with Gasteiger partial charge in [-0.15, -0.1) is 5.10 Å². The summed E-state index contributed by atoms with van der Waals surface area (Å²) in [5, 5.41) is 14.9. The topological polar surface area (TPSA) is 72.7 Å². The van der Waals surface area contributed by atoms with Gasteiger partial charge in [-0.2, -0.15) is 0 Å². The Hall–Kier alpha value is -1.11. The Balaban J connectivity index is 1.76. The minimum Gasteiger partial charge on any atom is -0.352 e. The number of aromatic nitrogens is 4. The Morgan fingerprint density at radius 2 is 2.28 bits per heavy atom. The van der Waals surface area contributed by atoms with Crippen LogP contribution in [-0.2, 0) is 11.8 Å². The van der Waals surface area contributed by atoms with E-state index < -0.39 is 0 Å². The first-order chi connectivity index (χ1) is 8.66. The molecule has 1 aliphatic rings. The molecule has 0 bridgehead atoms. The minimum atomic E-state index is 0.0711. The summed E-state index contributed by atoms with van der Waals surface area (Å²) < 4.78 is 1.57. The summed E-state index contributed by atoms with van der Waals surface area (Å²) in [4.78, 5) is 11.9. The molecule has 1 heterocycles. The Bertz CT molecular complexity index is 408. The molecule has 1 saturated carbocycles.